The first-order valence-corrected chi connectivity index (χ1v) is 8.93. The summed E-state index contributed by atoms with van der Waals surface area (Å²) in [6, 6.07) is 0. The lowest BCUT2D eigenvalue weighted by Gasteiger charge is -2.12. The Hall–Kier alpha value is -1.11. The molecule has 0 spiro atoms. The van der Waals surface area contributed by atoms with Crippen LogP contribution in [0.4, 0.5) is 13.2 Å². The van der Waals surface area contributed by atoms with E-state index >= 15 is 0 Å². The van der Waals surface area contributed by atoms with Gasteiger partial charge in [-0.1, -0.05) is 13.8 Å². The minimum Gasteiger partial charge on any atom is -0.357 e. The van der Waals surface area contributed by atoms with Crippen LogP contribution in [-0.4, -0.2) is 43.0 Å². The Kier molecular flexibility index (Phi) is 11.8. The number of alkyl halides is 3. The topological polar surface area (TPSA) is 78.4 Å². The highest BCUT2D eigenvalue weighted by Crippen LogP contribution is 2.30. The molecule has 3 N–H and O–H groups in total. The lowest BCUT2D eigenvalue weighted by atomic mass is 10.2. The SMILES string of the molecule is CCNC(=NCCc1nc(C(F)(F)F)cs1)NCCNC(=O)C(C)C.I. The third-order valence-electron chi connectivity index (χ3n) is 3.02. The van der Waals surface area contributed by atoms with Crippen LogP contribution in [0.25, 0.3) is 0 Å². The Morgan fingerprint density at radius 2 is 1.92 bits per heavy atom. The number of hydrogen-bond donors (Lipinski definition) is 3. The van der Waals surface area contributed by atoms with Gasteiger partial charge in [-0.15, -0.1) is 35.3 Å². The van der Waals surface area contributed by atoms with E-state index in [1.54, 1.807) is 0 Å². The molecule has 1 aromatic heterocycles. The van der Waals surface area contributed by atoms with Crippen molar-refractivity contribution in [3.05, 3.63) is 16.1 Å². The van der Waals surface area contributed by atoms with Gasteiger partial charge in [0.1, 0.15) is 0 Å². The number of amides is 1. The quantitative estimate of drug-likeness (QED) is 0.219. The number of rotatable bonds is 8. The van der Waals surface area contributed by atoms with Crippen LogP contribution < -0.4 is 16.0 Å². The van der Waals surface area contributed by atoms with Crippen molar-refractivity contribution in [2.45, 2.75) is 33.4 Å². The van der Waals surface area contributed by atoms with Crippen molar-refractivity contribution < 1.29 is 18.0 Å². The molecule has 1 aromatic rings. The van der Waals surface area contributed by atoms with Gasteiger partial charge in [-0.25, -0.2) is 4.98 Å². The smallest absolute Gasteiger partial charge is 0.357 e. The van der Waals surface area contributed by atoms with Crippen LogP contribution in [0.3, 0.4) is 0 Å². The Labute approximate surface area is 172 Å². The maximum absolute atomic E-state index is 12.5. The molecule has 1 heterocycles. The van der Waals surface area contributed by atoms with E-state index in [1.165, 1.54) is 0 Å². The predicted octanol–water partition coefficient (Wildman–Crippen LogP) is 2.65. The lowest BCUT2D eigenvalue weighted by Crippen LogP contribution is -2.42. The molecule has 0 aliphatic heterocycles. The van der Waals surface area contributed by atoms with Crippen LogP contribution in [-0.2, 0) is 17.4 Å². The normalized spacial score (nSPS) is 11.9. The summed E-state index contributed by atoms with van der Waals surface area (Å²) >= 11 is 0.980. The molecule has 0 unspecified atom stereocenters. The highest BCUT2D eigenvalue weighted by Gasteiger charge is 2.33. The van der Waals surface area contributed by atoms with E-state index in [0.29, 0.717) is 43.6 Å². The van der Waals surface area contributed by atoms with Gasteiger partial charge in [0.25, 0.3) is 0 Å². The fourth-order valence-corrected chi connectivity index (χ4v) is 2.53. The predicted molar refractivity (Wildman–Crippen MR) is 108 cm³/mol. The molecule has 150 valence electrons. The molecular formula is C15H25F3IN5OS. The Balaban J connectivity index is 0.00000625. The summed E-state index contributed by atoms with van der Waals surface area (Å²) in [6.07, 6.45) is -4.07. The molecule has 0 bridgehead atoms. The third kappa shape index (κ3) is 9.55. The molecule has 0 fully saturated rings. The summed E-state index contributed by atoms with van der Waals surface area (Å²) in [5.74, 6) is 0.462. The van der Waals surface area contributed by atoms with E-state index < -0.39 is 11.9 Å². The van der Waals surface area contributed by atoms with Gasteiger partial charge in [-0.2, -0.15) is 13.2 Å². The van der Waals surface area contributed by atoms with E-state index in [4.69, 9.17) is 0 Å². The molecule has 0 saturated heterocycles. The van der Waals surface area contributed by atoms with Crippen molar-refractivity contribution in [3.8, 4) is 0 Å². The number of thiazole rings is 1. The van der Waals surface area contributed by atoms with Gasteiger partial charge >= 0.3 is 6.18 Å². The summed E-state index contributed by atoms with van der Waals surface area (Å²) in [6.45, 7) is 7.48. The van der Waals surface area contributed by atoms with Gasteiger partial charge in [0.2, 0.25) is 5.91 Å². The second-order valence-corrected chi connectivity index (χ2v) is 6.45. The molecule has 26 heavy (non-hydrogen) atoms. The number of guanidine groups is 1. The van der Waals surface area contributed by atoms with Crippen LogP contribution in [0.15, 0.2) is 10.4 Å². The zero-order valence-corrected chi connectivity index (χ0v) is 18.1. The van der Waals surface area contributed by atoms with Crippen LogP contribution in [0.5, 0.6) is 0 Å². The molecule has 0 atom stereocenters. The number of carbonyl (C=O) groups is 1. The van der Waals surface area contributed by atoms with Crippen molar-refractivity contribution in [1.82, 2.24) is 20.9 Å². The summed E-state index contributed by atoms with van der Waals surface area (Å²) in [5.41, 5.74) is -0.859. The number of carbonyl (C=O) groups excluding carboxylic acids is 1. The Morgan fingerprint density at radius 3 is 2.46 bits per heavy atom. The fraction of sp³-hybridized carbons (Fsp3) is 0.667. The van der Waals surface area contributed by atoms with Crippen LogP contribution in [0.1, 0.15) is 31.5 Å². The molecule has 6 nitrogen and oxygen atoms in total. The van der Waals surface area contributed by atoms with Gasteiger partial charge in [0.05, 0.1) is 5.01 Å². The highest BCUT2D eigenvalue weighted by atomic mass is 127. The van der Waals surface area contributed by atoms with E-state index in [0.717, 1.165) is 16.7 Å². The first kappa shape index (κ1) is 24.9. The third-order valence-corrected chi connectivity index (χ3v) is 3.93. The maximum atomic E-state index is 12.5. The van der Waals surface area contributed by atoms with Crippen molar-refractivity contribution in [1.29, 1.82) is 0 Å². The minimum absolute atomic E-state index is 0. The summed E-state index contributed by atoms with van der Waals surface area (Å²) < 4.78 is 37.5. The molecule has 0 saturated carbocycles. The Bertz CT molecular complexity index is 578. The molecule has 0 aliphatic rings. The fourth-order valence-electron chi connectivity index (χ4n) is 1.73. The van der Waals surface area contributed by atoms with Gasteiger partial charge in [0.15, 0.2) is 11.7 Å². The number of aromatic nitrogens is 1. The second-order valence-electron chi connectivity index (χ2n) is 5.51. The summed E-state index contributed by atoms with van der Waals surface area (Å²) in [5, 5.41) is 10.3. The van der Waals surface area contributed by atoms with Gasteiger partial charge in [-0.3, -0.25) is 9.79 Å². The number of aliphatic imine (C=N–C) groups is 1. The standard InChI is InChI=1S/C15H24F3N5OS.HI/c1-4-19-14(22-8-7-20-13(24)10(2)3)21-6-5-12-23-11(9-25-12)15(16,17)18;/h9-10H,4-8H2,1-3H3,(H,20,24)(H2,19,21,22);1H. The zero-order valence-electron chi connectivity index (χ0n) is 14.9. The lowest BCUT2D eigenvalue weighted by molar-refractivity contribution is -0.140. The molecular weight excluding hydrogens is 482 g/mol. The van der Waals surface area contributed by atoms with E-state index in [1.807, 2.05) is 20.8 Å². The van der Waals surface area contributed by atoms with Gasteiger partial charge < -0.3 is 16.0 Å². The summed E-state index contributed by atoms with van der Waals surface area (Å²) in [7, 11) is 0. The minimum atomic E-state index is -4.41. The van der Waals surface area contributed by atoms with Crippen molar-refractivity contribution >= 4 is 47.2 Å². The number of nitrogens with one attached hydrogen (secondary N) is 3. The maximum Gasteiger partial charge on any atom is 0.434 e. The Morgan fingerprint density at radius 1 is 1.27 bits per heavy atom. The average molecular weight is 507 g/mol. The van der Waals surface area contributed by atoms with Crippen molar-refractivity contribution in [3.63, 3.8) is 0 Å². The van der Waals surface area contributed by atoms with E-state index in [9.17, 15) is 18.0 Å². The van der Waals surface area contributed by atoms with E-state index in [2.05, 4.69) is 25.9 Å². The van der Waals surface area contributed by atoms with Crippen molar-refractivity contribution in [2.24, 2.45) is 10.9 Å². The molecule has 1 rings (SSSR count). The largest absolute Gasteiger partial charge is 0.434 e. The van der Waals surface area contributed by atoms with Gasteiger partial charge in [-0.05, 0) is 6.92 Å². The van der Waals surface area contributed by atoms with Crippen molar-refractivity contribution in [2.75, 3.05) is 26.2 Å². The summed E-state index contributed by atoms with van der Waals surface area (Å²) in [4.78, 5) is 19.3. The second kappa shape index (κ2) is 12.3. The number of nitrogens with zero attached hydrogens (tertiary/aromatic N) is 2. The van der Waals surface area contributed by atoms with E-state index in [-0.39, 0.29) is 35.8 Å². The number of hydrogen-bond acceptors (Lipinski definition) is 4. The number of halogens is 4. The first-order valence-electron chi connectivity index (χ1n) is 8.05. The molecule has 0 aliphatic carbocycles. The molecule has 11 heteroatoms. The van der Waals surface area contributed by atoms with Gasteiger partial charge in [0, 0.05) is 43.9 Å². The monoisotopic (exact) mass is 507 g/mol. The highest BCUT2D eigenvalue weighted by molar-refractivity contribution is 14.0. The van der Waals surface area contributed by atoms with Crippen LogP contribution in [0.2, 0.25) is 0 Å². The van der Waals surface area contributed by atoms with Crippen LogP contribution in [0, 0.1) is 5.92 Å². The zero-order chi connectivity index (χ0) is 18.9. The molecule has 1 amide bonds. The molecule has 0 aromatic carbocycles. The average Bonchev–Trinajstić information content (AvgIpc) is 3.00. The van der Waals surface area contributed by atoms with Crippen LogP contribution >= 0.6 is 35.3 Å². The molecule has 0 radical (unpaired) electrons. The first-order chi connectivity index (χ1) is 11.7.